The number of carbonyl (C=O) groups excluding carboxylic acids is 2. The molecule has 0 fully saturated rings. The maximum atomic E-state index is 13.1. The van der Waals surface area contributed by atoms with E-state index in [4.69, 9.17) is 9.47 Å². The zero-order chi connectivity index (χ0) is 22.8. The van der Waals surface area contributed by atoms with Crippen molar-refractivity contribution < 1.29 is 19.1 Å². The number of benzene rings is 2. The number of aryl methyl sites for hydroxylation is 2. The summed E-state index contributed by atoms with van der Waals surface area (Å²) in [5.74, 6) is 0.930. The normalized spacial score (nSPS) is 11.5. The fourth-order valence-electron chi connectivity index (χ4n) is 3.33. The molecule has 0 bridgehead atoms. The minimum atomic E-state index is -0.626. The molecular weight excluding hydrogens is 392 g/mol. The number of hydrogen-bond donors (Lipinski definition) is 1. The molecule has 6 nitrogen and oxygen atoms in total. The standard InChI is InChI=1S/C25H34N2O4/c1-6-7-11-26-25(29)20(4)27(16-21-9-8-10-22(15-21)30-5)24(28)17-31-23-13-18(2)12-19(3)14-23/h8-10,12-15,20H,6-7,11,16-17H2,1-5H3,(H,26,29). The van der Waals surface area contributed by atoms with Crippen molar-refractivity contribution in [2.45, 2.75) is 53.1 Å². The van der Waals surface area contributed by atoms with Crippen LogP contribution in [0.4, 0.5) is 0 Å². The molecule has 0 aliphatic carbocycles. The molecule has 0 aliphatic rings. The molecule has 0 saturated carbocycles. The van der Waals surface area contributed by atoms with E-state index in [9.17, 15) is 9.59 Å². The van der Waals surface area contributed by atoms with E-state index >= 15 is 0 Å². The average Bonchev–Trinajstić information content (AvgIpc) is 2.75. The second kappa shape index (κ2) is 12.0. The summed E-state index contributed by atoms with van der Waals surface area (Å²) in [6.45, 7) is 8.53. The van der Waals surface area contributed by atoms with E-state index in [2.05, 4.69) is 12.2 Å². The average molecular weight is 427 g/mol. The maximum absolute atomic E-state index is 13.1. The zero-order valence-corrected chi connectivity index (χ0v) is 19.2. The first-order valence-corrected chi connectivity index (χ1v) is 10.7. The highest BCUT2D eigenvalue weighted by atomic mass is 16.5. The Labute approximate surface area is 185 Å². The molecular formula is C25H34N2O4. The number of ether oxygens (including phenoxy) is 2. The van der Waals surface area contributed by atoms with Gasteiger partial charge >= 0.3 is 0 Å². The van der Waals surface area contributed by atoms with Gasteiger partial charge in [-0.2, -0.15) is 0 Å². The number of rotatable bonds is 11. The number of nitrogens with one attached hydrogen (secondary N) is 1. The highest BCUT2D eigenvalue weighted by molar-refractivity contribution is 5.87. The molecule has 2 rings (SSSR count). The molecule has 2 amide bonds. The minimum Gasteiger partial charge on any atom is -0.497 e. The summed E-state index contributed by atoms with van der Waals surface area (Å²) in [6, 6.07) is 12.7. The van der Waals surface area contributed by atoms with E-state index in [1.54, 1.807) is 18.9 Å². The highest BCUT2D eigenvalue weighted by Crippen LogP contribution is 2.18. The molecule has 1 N–H and O–H groups in total. The van der Waals surface area contributed by atoms with Crippen molar-refractivity contribution in [3.05, 3.63) is 59.2 Å². The molecule has 0 aromatic heterocycles. The number of amides is 2. The fraction of sp³-hybridized carbons (Fsp3) is 0.440. The predicted molar refractivity (Wildman–Crippen MR) is 122 cm³/mol. The van der Waals surface area contributed by atoms with Crippen molar-refractivity contribution >= 4 is 11.8 Å². The molecule has 2 aromatic rings. The third-order valence-corrected chi connectivity index (χ3v) is 5.04. The van der Waals surface area contributed by atoms with Gasteiger partial charge in [-0.15, -0.1) is 0 Å². The summed E-state index contributed by atoms with van der Waals surface area (Å²) in [6.07, 6.45) is 1.89. The lowest BCUT2D eigenvalue weighted by molar-refractivity contribution is -0.142. The van der Waals surface area contributed by atoms with E-state index in [0.29, 0.717) is 18.0 Å². The van der Waals surface area contributed by atoms with Crippen molar-refractivity contribution in [1.82, 2.24) is 10.2 Å². The molecule has 31 heavy (non-hydrogen) atoms. The van der Waals surface area contributed by atoms with Gasteiger partial charge in [0.05, 0.1) is 7.11 Å². The molecule has 1 unspecified atom stereocenters. The Balaban J connectivity index is 2.16. The summed E-state index contributed by atoms with van der Waals surface area (Å²) in [5, 5.41) is 2.92. The monoisotopic (exact) mass is 426 g/mol. The smallest absolute Gasteiger partial charge is 0.261 e. The van der Waals surface area contributed by atoms with Crippen LogP contribution in [-0.2, 0) is 16.1 Å². The summed E-state index contributed by atoms with van der Waals surface area (Å²) in [5.41, 5.74) is 3.02. The first kappa shape index (κ1) is 24.3. The number of carbonyl (C=O) groups is 2. The van der Waals surface area contributed by atoms with Crippen LogP contribution in [0.25, 0.3) is 0 Å². The van der Waals surface area contributed by atoms with Gasteiger partial charge in [0.1, 0.15) is 17.5 Å². The topological polar surface area (TPSA) is 67.9 Å². The number of nitrogens with zero attached hydrogens (tertiary/aromatic N) is 1. The van der Waals surface area contributed by atoms with E-state index in [-0.39, 0.29) is 25.0 Å². The Hall–Kier alpha value is -3.02. The van der Waals surface area contributed by atoms with Crippen molar-refractivity contribution in [2.24, 2.45) is 0 Å². The maximum Gasteiger partial charge on any atom is 0.261 e. The van der Waals surface area contributed by atoms with Crippen LogP contribution < -0.4 is 14.8 Å². The van der Waals surface area contributed by atoms with E-state index in [1.165, 1.54) is 0 Å². The van der Waals surface area contributed by atoms with Crippen molar-refractivity contribution in [3.8, 4) is 11.5 Å². The molecule has 0 heterocycles. The molecule has 0 radical (unpaired) electrons. The van der Waals surface area contributed by atoms with Gasteiger partial charge in [-0.3, -0.25) is 9.59 Å². The largest absolute Gasteiger partial charge is 0.497 e. The van der Waals surface area contributed by atoms with Crippen LogP contribution >= 0.6 is 0 Å². The van der Waals surface area contributed by atoms with Crippen molar-refractivity contribution in [2.75, 3.05) is 20.3 Å². The summed E-state index contributed by atoms with van der Waals surface area (Å²) in [7, 11) is 1.60. The van der Waals surface area contributed by atoms with Crippen LogP contribution in [0.15, 0.2) is 42.5 Å². The van der Waals surface area contributed by atoms with Gasteiger partial charge in [0.15, 0.2) is 6.61 Å². The summed E-state index contributed by atoms with van der Waals surface area (Å²) < 4.78 is 11.1. The highest BCUT2D eigenvalue weighted by Gasteiger charge is 2.26. The molecule has 168 valence electrons. The third kappa shape index (κ3) is 7.63. The Morgan fingerprint density at radius 3 is 2.42 bits per heavy atom. The lowest BCUT2D eigenvalue weighted by Gasteiger charge is -2.29. The Bertz CT molecular complexity index is 861. The predicted octanol–water partition coefficient (Wildman–Crippen LogP) is 4.02. The molecule has 1 atom stereocenters. The lowest BCUT2D eigenvalue weighted by atomic mass is 10.1. The van der Waals surface area contributed by atoms with E-state index < -0.39 is 6.04 Å². The third-order valence-electron chi connectivity index (χ3n) is 5.04. The van der Waals surface area contributed by atoms with Gasteiger partial charge in [0.25, 0.3) is 5.91 Å². The van der Waals surface area contributed by atoms with Crippen LogP contribution in [0.2, 0.25) is 0 Å². The van der Waals surface area contributed by atoms with Crippen LogP contribution in [-0.4, -0.2) is 43.0 Å². The van der Waals surface area contributed by atoms with Crippen molar-refractivity contribution in [1.29, 1.82) is 0 Å². The molecule has 6 heteroatoms. The lowest BCUT2D eigenvalue weighted by Crippen LogP contribution is -2.49. The number of unbranched alkanes of at least 4 members (excludes halogenated alkanes) is 1. The molecule has 0 aliphatic heterocycles. The Morgan fingerprint density at radius 2 is 1.77 bits per heavy atom. The van der Waals surface area contributed by atoms with Gasteiger partial charge < -0.3 is 19.7 Å². The van der Waals surface area contributed by atoms with Gasteiger partial charge in [-0.05, 0) is 68.1 Å². The second-order valence-electron chi connectivity index (χ2n) is 7.81. The molecule has 2 aromatic carbocycles. The molecule has 0 saturated heterocycles. The van der Waals surface area contributed by atoms with Crippen molar-refractivity contribution in [3.63, 3.8) is 0 Å². The Kier molecular flexibility index (Phi) is 9.38. The Morgan fingerprint density at radius 1 is 1.06 bits per heavy atom. The van der Waals surface area contributed by atoms with Gasteiger partial charge in [0, 0.05) is 13.1 Å². The van der Waals surface area contributed by atoms with Gasteiger partial charge in [-0.1, -0.05) is 31.5 Å². The first-order valence-electron chi connectivity index (χ1n) is 10.7. The minimum absolute atomic E-state index is 0.139. The van der Waals surface area contributed by atoms with Crippen LogP contribution in [0.5, 0.6) is 11.5 Å². The number of hydrogen-bond acceptors (Lipinski definition) is 4. The van der Waals surface area contributed by atoms with Gasteiger partial charge in [0.2, 0.25) is 5.91 Å². The summed E-state index contributed by atoms with van der Waals surface area (Å²) in [4.78, 5) is 27.3. The van der Waals surface area contributed by atoms with Gasteiger partial charge in [-0.25, -0.2) is 0 Å². The zero-order valence-electron chi connectivity index (χ0n) is 19.2. The first-order chi connectivity index (χ1) is 14.8. The van der Waals surface area contributed by atoms with Crippen LogP contribution in [0, 0.1) is 13.8 Å². The SMILES string of the molecule is CCCCNC(=O)C(C)N(Cc1cccc(OC)c1)C(=O)COc1cc(C)cc(C)c1. The second-order valence-corrected chi connectivity index (χ2v) is 7.81. The summed E-state index contributed by atoms with van der Waals surface area (Å²) >= 11 is 0. The number of methoxy groups -OCH3 is 1. The van der Waals surface area contributed by atoms with E-state index in [1.807, 2.05) is 56.3 Å². The quantitative estimate of drug-likeness (QED) is 0.551. The van der Waals surface area contributed by atoms with E-state index in [0.717, 1.165) is 29.5 Å². The van der Waals surface area contributed by atoms with Crippen LogP contribution in [0.3, 0.4) is 0 Å². The molecule has 0 spiro atoms. The fourth-order valence-corrected chi connectivity index (χ4v) is 3.33. The van der Waals surface area contributed by atoms with Crippen LogP contribution in [0.1, 0.15) is 43.4 Å².